The van der Waals surface area contributed by atoms with Crippen LogP contribution in [0.2, 0.25) is 0 Å². The molecule has 0 spiro atoms. The predicted octanol–water partition coefficient (Wildman–Crippen LogP) is 4.65. The van der Waals surface area contributed by atoms with Crippen LogP contribution in [0.25, 0.3) is 0 Å². The van der Waals surface area contributed by atoms with Gasteiger partial charge in [0.1, 0.15) is 11.6 Å². The summed E-state index contributed by atoms with van der Waals surface area (Å²) in [5.74, 6) is -0.449. The average molecular weight is 491 g/mol. The minimum Gasteiger partial charge on any atom is -0.508 e. The average Bonchev–Trinajstić information content (AvgIpc) is 2.84. The molecule has 2 aromatic carbocycles. The normalized spacial score (nSPS) is 17.6. The minimum absolute atomic E-state index is 0.00787. The lowest BCUT2D eigenvalue weighted by Crippen LogP contribution is -2.47. The quantitative estimate of drug-likeness (QED) is 0.284. The van der Waals surface area contributed by atoms with Crippen LogP contribution in [0.4, 0.5) is 5.69 Å². The zero-order chi connectivity index (χ0) is 26.2. The van der Waals surface area contributed by atoms with E-state index in [4.69, 9.17) is 21.0 Å². The van der Waals surface area contributed by atoms with Crippen molar-refractivity contribution in [2.75, 3.05) is 19.4 Å². The van der Waals surface area contributed by atoms with E-state index >= 15 is 0 Å². The standard InChI is InChI=1S/C27H34N6O3/c1-18(28)36-26(30)19-6-4-8-21(16-19)31-15-14-25(29)33(23-12-10-22(11-13-23)32(2)3)27(35)20-7-5-9-24(34)17-20/h4-9,14-17,22-23,28-31,34H,10-13H2,1-3H3/b15-14-,28-18?,29-25?,30-26?. The highest BCUT2D eigenvalue weighted by Crippen LogP contribution is 2.27. The number of nitrogens with one attached hydrogen (secondary N) is 4. The summed E-state index contributed by atoms with van der Waals surface area (Å²) in [5.41, 5.74) is 1.52. The molecule has 190 valence electrons. The maximum Gasteiger partial charge on any atom is 0.259 e. The number of hydrogen-bond acceptors (Lipinski definition) is 8. The molecular weight excluding hydrogens is 456 g/mol. The molecule has 3 rings (SSSR count). The lowest BCUT2D eigenvalue weighted by atomic mass is 9.89. The number of anilines is 1. The molecule has 0 saturated heterocycles. The molecule has 9 heteroatoms. The first-order chi connectivity index (χ1) is 17.2. The molecule has 5 N–H and O–H groups in total. The topological polar surface area (TPSA) is 137 Å². The molecule has 0 aromatic heterocycles. The molecule has 36 heavy (non-hydrogen) atoms. The van der Waals surface area contributed by atoms with Crippen LogP contribution in [0.3, 0.4) is 0 Å². The fraction of sp³-hybridized carbons (Fsp3) is 0.333. The first kappa shape index (κ1) is 26.6. The SMILES string of the molecule is CC(=N)OC(=N)c1cccc(N/C=C\C(=N)N(C(=O)c2cccc(O)c2)C2CCC(N(C)C)CC2)c1. The molecule has 0 bridgehead atoms. The monoisotopic (exact) mass is 490 g/mol. The van der Waals surface area contributed by atoms with E-state index < -0.39 is 0 Å². The number of nitrogens with zero attached hydrogens (tertiary/aromatic N) is 2. The van der Waals surface area contributed by atoms with Crippen LogP contribution < -0.4 is 5.32 Å². The van der Waals surface area contributed by atoms with Gasteiger partial charge in [-0.3, -0.25) is 25.9 Å². The van der Waals surface area contributed by atoms with Crippen LogP contribution >= 0.6 is 0 Å². The van der Waals surface area contributed by atoms with E-state index in [-0.39, 0.29) is 35.3 Å². The summed E-state index contributed by atoms with van der Waals surface area (Å²) in [4.78, 5) is 17.2. The highest BCUT2D eigenvalue weighted by atomic mass is 16.5. The van der Waals surface area contributed by atoms with Gasteiger partial charge in [0.2, 0.25) is 5.90 Å². The largest absolute Gasteiger partial charge is 0.508 e. The van der Waals surface area contributed by atoms with Gasteiger partial charge in [0, 0.05) is 42.0 Å². The van der Waals surface area contributed by atoms with Crippen LogP contribution in [0.5, 0.6) is 5.75 Å². The number of rotatable bonds is 7. The maximum atomic E-state index is 13.4. The van der Waals surface area contributed by atoms with E-state index in [9.17, 15) is 9.90 Å². The molecule has 1 amide bonds. The molecule has 9 nitrogen and oxygen atoms in total. The highest BCUT2D eigenvalue weighted by Gasteiger charge is 2.32. The first-order valence-electron chi connectivity index (χ1n) is 11.9. The molecule has 0 aliphatic heterocycles. The lowest BCUT2D eigenvalue weighted by molar-refractivity contribution is 0.0747. The number of ether oxygens (including phenoxy) is 1. The van der Waals surface area contributed by atoms with E-state index in [0.29, 0.717) is 22.9 Å². The number of hydrogen-bond donors (Lipinski definition) is 5. The Morgan fingerprint density at radius 1 is 1.00 bits per heavy atom. The zero-order valence-electron chi connectivity index (χ0n) is 20.9. The molecule has 1 saturated carbocycles. The van der Waals surface area contributed by atoms with E-state index in [1.165, 1.54) is 30.0 Å². The number of phenolic OH excluding ortho intramolecular Hbond substituents is 1. The van der Waals surface area contributed by atoms with Crippen LogP contribution in [0.15, 0.2) is 60.8 Å². The van der Waals surface area contributed by atoms with Gasteiger partial charge in [-0.25, -0.2) is 0 Å². The predicted molar refractivity (Wildman–Crippen MR) is 142 cm³/mol. The Kier molecular flexibility index (Phi) is 8.97. The van der Waals surface area contributed by atoms with Gasteiger partial charge in [-0.15, -0.1) is 0 Å². The second kappa shape index (κ2) is 12.1. The van der Waals surface area contributed by atoms with Gasteiger partial charge in [0.25, 0.3) is 5.91 Å². The van der Waals surface area contributed by atoms with Crippen LogP contribution in [-0.2, 0) is 4.74 Å². The fourth-order valence-corrected chi connectivity index (χ4v) is 4.34. The van der Waals surface area contributed by atoms with Gasteiger partial charge < -0.3 is 20.1 Å². The third kappa shape index (κ3) is 7.02. The first-order valence-corrected chi connectivity index (χ1v) is 11.9. The zero-order valence-corrected chi connectivity index (χ0v) is 20.9. The summed E-state index contributed by atoms with van der Waals surface area (Å²) in [6.07, 6.45) is 6.57. The second-order valence-corrected chi connectivity index (χ2v) is 9.08. The van der Waals surface area contributed by atoms with Crippen molar-refractivity contribution in [3.63, 3.8) is 0 Å². The molecule has 1 fully saturated rings. The van der Waals surface area contributed by atoms with Gasteiger partial charge in [-0.1, -0.05) is 12.1 Å². The molecule has 0 atom stereocenters. The molecular formula is C27H34N6O3. The summed E-state index contributed by atoms with van der Waals surface area (Å²) in [6.45, 7) is 1.46. The van der Waals surface area contributed by atoms with Crippen molar-refractivity contribution in [1.29, 1.82) is 16.2 Å². The van der Waals surface area contributed by atoms with Crippen molar-refractivity contribution in [3.05, 3.63) is 71.9 Å². The lowest BCUT2D eigenvalue weighted by Gasteiger charge is -2.38. The highest BCUT2D eigenvalue weighted by molar-refractivity contribution is 6.09. The van der Waals surface area contributed by atoms with Crippen molar-refractivity contribution in [3.8, 4) is 5.75 Å². The Labute approximate surface area is 211 Å². The Bertz CT molecular complexity index is 1150. The Morgan fingerprint density at radius 2 is 1.64 bits per heavy atom. The van der Waals surface area contributed by atoms with Gasteiger partial charge >= 0.3 is 0 Å². The molecule has 0 heterocycles. The van der Waals surface area contributed by atoms with E-state index in [2.05, 4.69) is 24.3 Å². The molecule has 0 radical (unpaired) electrons. The van der Waals surface area contributed by atoms with E-state index in [1.54, 1.807) is 42.6 Å². The summed E-state index contributed by atoms with van der Waals surface area (Å²) in [6, 6.07) is 13.5. The molecule has 0 unspecified atom stereocenters. The third-order valence-electron chi connectivity index (χ3n) is 6.20. The Morgan fingerprint density at radius 3 is 2.28 bits per heavy atom. The second-order valence-electron chi connectivity index (χ2n) is 9.08. The molecule has 2 aromatic rings. The van der Waals surface area contributed by atoms with Gasteiger partial charge in [-0.2, -0.15) is 0 Å². The van der Waals surface area contributed by atoms with Gasteiger partial charge in [0.05, 0.1) is 0 Å². The van der Waals surface area contributed by atoms with Crippen LogP contribution in [-0.4, -0.2) is 64.6 Å². The van der Waals surface area contributed by atoms with Crippen LogP contribution in [0.1, 0.15) is 48.5 Å². The van der Waals surface area contributed by atoms with Gasteiger partial charge in [0.15, 0.2) is 5.90 Å². The number of aromatic hydroxyl groups is 1. The number of benzene rings is 2. The number of amides is 1. The summed E-state index contributed by atoms with van der Waals surface area (Å²) in [5, 5.41) is 37.0. The van der Waals surface area contributed by atoms with Crippen molar-refractivity contribution in [2.45, 2.75) is 44.7 Å². The number of amidine groups is 1. The molecule has 1 aliphatic rings. The Hall–Kier alpha value is -3.98. The molecule has 1 aliphatic carbocycles. The van der Waals surface area contributed by atoms with Crippen molar-refractivity contribution in [1.82, 2.24) is 9.80 Å². The van der Waals surface area contributed by atoms with Gasteiger partial charge in [-0.05, 0) is 82.3 Å². The third-order valence-corrected chi connectivity index (χ3v) is 6.20. The summed E-state index contributed by atoms with van der Waals surface area (Å²) >= 11 is 0. The van der Waals surface area contributed by atoms with Crippen LogP contribution in [0, 0.1) is 16.2 Å². The number of carbonyl (C=O) groups excluding carboxylic acids is 1. The van der Waals surface area contributed by atoms with E-state index in [1.807, 2.05) is 0 Å². The summed E-state index contributed by atoms with van der Waals surface area (Å²) in [7, 11) is 4.12. The van der Waals surface area contributed by atoms with E-state index in [0.717, 1.165) is 25.7 Å². The fourth-order valence-electron chi connectivity index (χ4n) is 4.34. The Balaban J connectivity index is 1.76. The van der Waals surface area contributed by atoms with Crippen molar-refractivity contribution >= 4 is 29.2 Å². The maximum absolute atomic E-state index is 13.4. The minimum atomic E-state index is -0.316. The number of phenols is 1. The van der Waals surface area contributed by atoms with Crippen molar-refractivity contribution < 1.29 is 14.6 Å². The summed E-state index contributed by atoms with van der Waals surface area (Å²) < 4.78 is 5.05. The van der Waals surface area contributed by atoms with Crippen molar-refractivity contribution in [2.24, 2.45) is 0 Å². The number of carbonyl (C=O) groups is 1. The smallest absolute Gasteiger partial charge is 0.259 e.